The lowest BCUT2D eigenvalue weighted by Gasteiger charge is -2.08. The van der Waals surface area contributed by atoms with Gasteiger partial charge in [0.15, 0.2) is 0 Å². The fourth-order valence-electron chi connectivity index (χ4n) is 2.28. The number of nitrogens with zero attached hydrogens (tertiary/aromatic N) is 1. The van der Waals surface area contributed by atoms with Crippen molar-refractivity contribution in [3.05, 3.63) is 100 Å². The molecule has 0 aliphatic heterocycles. The number of ether oxygens (including phenoxy) is 2. The summed E-state index contributed by atoms with van der Waals surface area (Å²) >= 11 is 0. The lowest BCUT2D eigenvalue weighted by atomic mass is 10.2. The van der Waals surface area contributed by atoms with Gasteiger partial charge in [0.25, 0.3) is 5.69 Å². The first-order valence-corrected chi connectivity index (χ1v) is 7.85. The van der Waals surface area contributed by atoms with Crippen LogP contribution in [-0.4, -0.2) is 10.9 Å². The second-order valence-electron chi connectivity index (χ2n) is 5.44. The first-order chi connectivity index (χ1) is 12.6. The van der Waals surface area contributed by atoms with E-state index in [0.717, 1.165) is 5.56 Å². The molecule has 0 aromatic heterocycles. The van der Waals surface area contributed by atoms with Gasteiger partial charge in [0, 0.05) is 12.1 Å². The van der Waals surface area contributed by atoms with Crippen LogP contribution in [-0.2, 0) is 11.3 Å². The average molecular weight is 349 g/mol. The van der Waals surface area contributed by atoms with Gasteiger partial charge in [-0.15, -0.1) is 0 Å². The minimum absolute atomic E-state index is 0.000995. The summed E-state index contributed by atoms with van der Waals surface area (Å²) < 4.78 is 11.0. The second-order valence-corrected chi connectivity index (χ2v) is 5.44. The monoisotopic (exact) mass is 349 g/mol. The zero-order valence-corrected chi connectivity index (χ0v) is 13.7. The average Bonchev–Trinajstić information content (AvgIpc) is 2.67. The maximum absolute atomic E-state index is 12.0. The van der Waals surface area contributed by atoms with Crippen molar-refractivity contribution in [2.75, 3.05) is 0 Å². The number of rotatable bonds is 6. The van der Waals surface area contributed by atoms with Crippen LogP contribution in [0.25, 0.3) is 0 Å². The molecule has 0 spiro atoms. The van der Waals surface area contributed by atoms with Crippen LogP contribution in [0.5, 0.6) is 11.5 Å². The molecule has 3 aromatic carbocycles. The smallest absolute Gasteiger partial charge is 0.338 e. The Morgan fingerprint density at radius 3 is 2.31 bits per heavy atom. The van der Waals surface area contributed by atoms with Gasteiger partial charge in [-0.2, -0.15) is 0 Å². The van der Waals surface area contributed by atoms with Gasteiger partial charge in [-0.3, -0.25) is 10.1 Å². The van der Waals surface area contributed by atoms with E-state index in [0.29, 0.717) is 17.1 Å². The fraction of sp³-hybridized carbons (Fsp3) is 0.0500. The molecule has 0 fully saturated rings. The van der Waals surface area contributed by atoms with E-state index in [1.165, 1.54) is 24.3 Å². The number of carbonyl (C=O) groups excluding carboxylic acids is 1. The molecule has 0 unspecified atom stereocenters. The Balaban J connectivity index is 1.62. The van der Waals surface area contributed by atoms with E-state index in [-0.39, 0.29) is 12.3 Å². The summed E-state index contributed by atoms with van der Waals surface area (Å²) in [7, 11) is 0. The Morgan fingerprint density at radius 2 is 1.62 bits per heavy atom. The first kappa shape index (κ1) is 17.2. The minimum atomic E-state index is -0.467. The molecule has 0 atom stereocenters. The Morgan fingerprint density at radius 1 is 0.885 bits per heavy atom. The summed E-state index contributed by atoms with van der Waals surface area (Å²) in [5.41, 5.74) is 1.26. The molecule has 0 aliphatic carbocycles. The summed E-state index contributed by atoms with van der Waals surface area (Å²) in [6.45, 7) is 0.116. The van der Waals surface area contributed by atoms with E-state index in [1.54, 1.807) is 42.5 Å². The highest BCUT2D eigenvalue weighted by Gasteiger charge is 2.08. The quantitative estimate of drug-likeness (QED) is 0.365. The van der Waals surface area contributed by atoms with Gasteiger partial charge in [-0.05, 0) is 42.0 Å². The third-order valence-corrected chi connectivity index (χ3v) is 3.56. The number of benzene rings is 3. The molecule has 0 saturated carbocycles. The number of non-ortho nitro benzene ring substituents is 1. The number of carbonyl (C=O) groups is 1. The molecule has 3 aromatic rings. The van der Waals surface area contributed by atoms with Crippen LogP contribution in [0, 0.1) is 10.1 Å². The summed E-state index contributed by atoms with van der Waals surface area (Å²) in [6.07, 6.45) is 0. The van der Waals surface area contributed by atoms with Gasteiger partial charge in [0.05, 0.1) is 10.5 Å². The summed E-state index contributed by atoms with van der Waals surface area (Å²) in [6, 6.07) is 21.7. The van der Waals surface area contributed by atoms with Crippen LogP contribution in [0.4, 0.5) is 5.69 Å². The van der Waals surface area contributed by atoms with Crippen molar-refractivity contribution in [2.45, 2.75) is 6.61 Å². The topological polar surface area (TPSA) is 78.7 Å². The SMILES string of the molecule is O=C(OCc1cccc(Oc2ccc([N+](=O)[O-])cc2)c1)c1ccccc1. The summed E-state index contributed by atoms with van der Waals surface area (Å²) in [4.78, 5) is 22.2. The molecular formula is C20H15NO5. The van der Waals surface area contributed by atoms with Gasteiger partial charge in [-0.25, -0.2) is 4.79 Å². The van der Waals surface area contributed by atoms with Crippen LogP contribution >= 0.6 is 0 Å². The van der Waals surface area contributed by atoms with Crippen molar-refractivity contribution < 1.29 is 19.2 Å². The highest BCUT2D eigenvalue weighted by atomic mass is 16.6. The standard InChI is InChI=1S/C20H15NO5/c22-20(16-6-2-1-3-7-16)25-14-15-5-4-8-19(13-15)26-18-11-9-17(10-12-18)21(23)24/h1-13H,14H2. The van der Waals surface area contributed by atoms with E-state index in [2.05, 4.69) is 0 Å². The summed E-state index contributed by atoms with van der Waals surface area (Å²) in [5, 5.41) is 10.7. The van der Waals surface area contributed by atoms with Gasteiger partial charge < -0.3 is 9.47 Å². The number of esters is 1. The second kappa shape index (κ2) is 7.94. The number of hydrogen-bond acceptors (Lipinski definition) is 5. The molecule has 0 amide bonds. The molecule has 0 saturated heterocycles. The highest BCUT2D eigenvalue weighted by molar-refractivity contribution is 5.89. The Hall–Kier alpha value is -3.67. The normalized spacial score (nSPS) is 10.2. The Labute approximate surface area is 149 Å². The Bertz CT molecular complexity index is 907. The zero-order chi connectivity index (χ0) is 18.4. The van der Waals surface area contributed by atoms with E-state index in [4.69, 9.17) is 9.47 Å². The van der Waals surface area contributed by atoms with Gasteiger partial charge in [0.1, 0.15) is 18.1 Å². The van der Waals surface area contributed by atoms with Gasteiger partial charge >= 0.3 is 5.97 Å². The molecule has 0 N–H and O–H groups in total. The van der Waals surface area contributed by atoms with Crippen molar-refractivity contribution in [2.24, 2.45) is 0 Å². The maximum atomic E-state index is 12.0. The predicted molar refractivity (Wildman–Crippen MR) is 95.2 cm³/mol. The third-order valence-electron chi connectivity index (χ3n) is 3.56. The van der Waals surface area contributed by atoms with Gasteiger partial charge in [0.2, 0.25) is 0 Å². The zero-order valence-electron chi connectivity index (χ0n) is 13.7. The van der Waals surface area contributed by atoms with Crippen molar-refractivity contribution in [1.29, 1.82) is 0 Å². The lowest BCUT2D eigenvalue weighted by molar-refractivity contribution is -0.384. The summed E-state index contributed by atoms with van der Waals surface area (Å²) in [5.74, 6) is 0.633. The van der Waals surface area contributed by atoms with Crippen LogP contribution in [0.2, 0.25) is 0 Å². The highest BCUT2D eigenvalue weighted by Crippen LogP contribution is 2.24. The molecule has 6 heteroatoms. The molecule has 0 bridgehead atoms. The number of nitro benzene ring substituents is 1. The number of nitro groups is 1. The van der Waals surface area contributed by atoms with E-state index >= 15 is 0 Å². The van der Waals surface area contributed by atoms with Crippen LogP contribution < -0.4 is 4.74 Å². The van der Waals surface area contributed by atoms with E-state index in [1.807, 2.05) is 12.1 Å². The minimum Gasteiger partial charge on any atom is -0.457 e. The third kappa shape index (κ3) is 4.45. The van der Waals surface area contributed by atoms with Crippen molar-refractivity contribution >= 4 is 11.7 Å². The van der Waals surface area contributed by atoms with E-state index in [9.17, 15) is 14.9 Å². The maximum Gasteiger partial charge on any atom is 0.338 e. The predicted octanol–water partition coefficient (Wildman–Crippen LogP) is 4.74. The largest absolute Gasteiger partial charge is 0.457 e. The van der Waals surface area contributed by atoms with Gasteiger partial charge in [-0.1, -0.05) is 30.3 Å². The molecule has 6 nitrogen and oxygen atoms in total. The molecule has 0 radical (unpaired) electrons. The van der Waals surface area contributed by atoms with Crippen LogP contribution in [0.3, 0.4) is 0 Å². The molecule has 0 heterocycles. The number of hydrogen-bond donors (Lipinski definition) is 0. The van der Waals surface area contributed by atoms with Crippen LogP contribution in [0.1, 0.15) is 15.9 Å². The van der Waals surface area contributed by atoms with Crippen LogP contribution in [0.15, 0.2) is 78.9 Å². The molecule has 3 rings (SSSR count). The fourth-order valence-corrected chi connectivity index (χ4v) is 2.28. The lowest BCUT2D eigenvalue weighted by Crippen LogP contribution is -2.04. The Kier molecular flexibility index (Phi) is 5.24. The molecule has 130 valence electrons. The van der Waals surface area contributed by atoms with Crippen molar-refractivity contribution in [3.63, 3.8) is 0 Å². The van der Waals surface area contributed by atoms with E-state index < -0.39 is 10.9 Å². The molecular weight excluding hydrogens is 334 g/mol. The van der Waals surface area contributed by atoms with Crippen molar-refractivity contribution in [1.82, 2.24) is 0 Å². The first-order valence-electron chi connectivity index (χ1n) is 7.85. The van der Waals surface area contributed by atoms with Crippen molar-refractivity contribution in [3.8, 4) is 11.5 Å². The molecule has 26 heavy (non-hydrogen) atoms. The molecule has 0 aliphatic rings.